The zero-order valence-corrected chi connectivity index (χ0v) is 18.2. The molecular formula is C25H26O6. The third kappa shape index (κ3) is 2.71. The summed E-state index contributed by atoms with van der Waals surface area (Å²) in [7, 11) is 0. The third-order valence-corrected chi connectivity index (χ3v) is 7.05. The summed E-state index contributed by atoms with van der Waals surface area (Å²) in [5, 5.41) is 11.9. The van der Waals surface area contributed by atoms with Gasteiger partial charge in [0.25, 0.3) is 0 Å². The van der Waals surface area contributed by atoms with Crippen LogP contribution in [0.5, 0.6) is 5.75 Å². The Morgan fingerprint density at radius 3 is 2.71 bits per heavy atom. The normalized spacial score (nSPS) is 30.3. The van der Waals surface area contributed by atoms with E-state index in [4.69, 9.17) is 14.2 Å². The van der Waals surface area contributed by atoms with Crippen LogP contribution in [-0.2, 0) is 30.2 Å². The molecule has 1 saturated heterocycles. The van der Waals surface area contributed by atoms with Crippen molar-refractivity contribution in [3.63, 3.8) is 0 Å². The van der Waals surface area contributed by atoms with Gasteiger partial charge in [-0.25, -0.2) is 0 Å². The number of hydrogen-bond donors (Lipinski definition) is 1. The topological polar surface area (TPSA) is 82.1 Å². The van der Waals surface area contributed by atoms with E-state index in [1.807, 2.05) is 18.2 Å². The van der Waals surface area contributed by atoms with Gasteiger partial charge in [-0.2, -0.15) is 0 Å². The second-order valence-electron chi connectivity index (χ2n) is 9.39. The summed E-state index contributed by atoms with van der Waals surface area (Å²) in [6.07, 6.45) is 2.90. The smallest absolute Gasteiger partial charge is 0.303 e. The van der Waals surface area contributed by atoms with E-state index >= 15 is 0 Å². The van der Waals surface area contributed by atoms with Gasteiger partial charge in [-0.15, -0.1) is 0 Å². The van der Waals surface area contributed by atoms with E-state index in [-0.39, 0.29) is 18.1 Å². The van der Waals surface area contributed by atoms with Gasteiger partial charge in [-0.3, -0.25) is 9.59 Å². The lowest BCUT2D eigenvalue weighted by atomic mass is 9.61. The summed E-state index contributed by atoms with van der Waals surface area (Å²) in [5.41, 5.74) is 1.43. The molecule has 1 N–H and O–H groups in total. The van der Waals surface area contributed by atoms with Crippen LogP contribution < -0.4 is 0 Å². The Balaban J connectivity index is 1.65. The van der Waals surface area contributed by atoms with Crippen LogP contribution in [0.15, 0.2) is 36.4 Å². The number of phenolic OH excluding ortho intramolecular Hbond substituents is 1. The number of carbonyl (C=O) groups excluding carboxylic acids is 2. The van der Waals surface area contributed by atoms with Crippen LogP contribution in [0.3, 0.4) is 0 Å². The number of phenols is 1. The van der Waals surface area contributed by atoms with E-state index in [1.54, 1.807) is 26.0 Å². The summed E-state index contributed by atoms with van der Waals surface area (Å²) in [5.74, 6) is -1.47. The zero-order chi connectivity index (χ0) is 22.2. The maximum absolute atomic E-state index is 13.5. The molecule has 162 valence electrons. The monoisotopic (exact) mass is 422 g/mol. The van der Waals surface area contributed by atoms with E-state index in [9.17, 15) is 14.7 Å². The van der Waals surface area contributed by atoms with Crippen LogP contribution in [0, 0.1) is 5.41 Å². The van der Waals surface area contributed by atoms with E-state index in [0.29, 0.717) is 6.42 Å². The average molecular weight is 422 g/mol. The summed E-state index contributed by atoms with van der Waals surface area (Å²) >= 11 is 0. The number of ether oxygens (including phenoxy) is 3. The molecule has 2 aliphatic carbocycles. The molecule has 1 fully saturated rings. The first-order valence-corrected chi connectivity index (χ1v) is 10.6. The van der Waals surface area contributed by atoms with E-state index < -0.39 is 28.9 Å². The van der Waals surface area contributed by atoms with Gasteiger partial charge >= 0.3 is 5.97 Å². The fourth-order valence-electron chi connectivity index (χ4n) is 5.76. The van der Waals surface area contributed by atoms with Crippen molar-refractivity contribution < 1.29 is 28.9 Å². The van der Waals surface area contributed by atoms with Crippen molar-refractivity contribution in [3.05, 3.63) is 47.5 Å². The average Bonchev–Trinajstić information content (AvgIpc) is 3.11. The Morgan fingerprint density at radius 2 is 1.97 bits per heavy atom. The van der Waals surface area contributed by atoms with Crippen LogP contribution in [0.1, 0.15) is 45.2 Å². The highest BCUT2D eigenvalue weighted by atomic mass is 16.8. The third-order valence-electron chi connectivity index (χ3n) is 7.05. The Morgan fingerprint density at radius 1 is 1.19 bits per heavy atom. The molecule has 0 bridgehead atoms. The molecule has 0 aromatic heterocycles. The number of aromatic hydroxyl groups is 1. The predicted molar refractivity (Wildman–Crippen MR) is 114 cm³/mol. The summed E-state index contributed by atoms with van der Waals surface area (Å²) in [6, 6.07) is 9.46. The lowest BCUT2D eigenvalue weighted by molar-refractivity contribution is -0.191. The summed E-state index contributed by atoms with van der Waals surface area (Å²) < 4.78 is 17.7. The van der Waals surface area contributed by atoms with E-state index in [2.05, 4.69) is 13.0 Å². The van der Waals surface area contributed by atoms with Gasteiger partial charge in [0.15, 0.2) is 18.0 Å². The number of ketones is 1. The van der Waals surface area contributed by atoms with Crippen molar-refractivity contribution in [2.75, 3.05) is 6.61 Å². The van der Waals surface area contributed by atoms with Crippen molar-refractivity contribution in [1.29, 1.82) is 0 Å². The van der Waals surface area contributed by atoms with Crippen molar-refractivity contribution in [2.24, 2.45) is 5.41 Å². The summed E-state index contributed by atoms with van der Waals surface area (Å²) in [6.45, 7) is 6.61. The van der Waals surface area contributed by atoms with Crippen molar-refractivity contribution in [3.8, 4) is 5.75 Å². The van der Waals surface area contributed by atoms with Crippen molar-refractivity contribution >= 4 is 28.1 Å². The zero-order valence-electron chi connectivity index (χ0n) is 18.2. The highest BCUT2D eigenvalue weighted by Crippen LogP contribution is 2.63. The highest BCUT2D eigenvalue weighted by molar-refractivity contribution is 6.00. The van der Waals surface area contributed by atoms with Crippen LogP contribution >= 0.6 is 0 Å². The lowest BCUT2D eigenvalue weighted by Crippen LogP contribution is -2.58. The molecule has 2 aromatic carbocycles. The molecule has 0 spiro atoms. The Labute approximate surface area is 180 Å². The summed E-state index contributed by atoms with van der Waals surface area (Å²) in [4.78, 5) is 24.9. The predicted octanol–water partition coefficient (Wildman–Crippen LogP) is 3.92. The Bertz CT molecular complexity index is 1160. The van der Waals surface area contributed by atoms with E-state index in [1.165, 1.54) is 12.5 Å². The number of esters is 1. The molecular weight excluding hydrogens is 396 g/mol. The van der Waals surface area contributed by atoms with Crippen LogP contribution in [0.4, 0.5) is 0 Å². The second kappa shape index (κ2) is 6.40. The maximum Gasteiger partial charge on any atom is 0.303 e. The molecule has 31 heavy (non-hydrogen) atoms. The number of benzene rings is 2. The lowest BCUT2D eigenvalue weighted by Gasteiger charge is -2.46. The number of rotatable bonds is 3. The minimum absolute atomic E-state index is 0.238. The molecule has 0 unspecified atom stereocenters. The van der Waals surface area contributed by atoms with Crippen LogP contribution in [-0.4, -0.2) is 41.0 Å². The Kier molecular flexibility index (Phi) is 4.18. The molecule has 6 heteroatoms. The van der Waals surface area contributed by atoms with Crippen molar-refractivity contribution in [2.45, 2.75) is 58.0 Å². The van der Waals surface area contributed by atoms with Gasteiger partial charge < -0.3 is 19.3 Å². The largest absolute Gasteiger partial charge is 0.508 e. The van der Waals surface area contributed by atoms with Gasteiger partial charge in [0.05, 0.1) is 0 Å². The second-order valence-corrected chi connectivity index (χ2v) is 9.39. The molecule has 5 rings (SSSR count). The molecule has 6 nitrogen and oxygen atoms in total. The maximum atomic E-state index is 13.5. The standard InChI is InChI=1S/C25H26O6/c1-14(26)29-13-21(28)25-22(30-23(2,3)31-25)12-20-19-7-5-15-11-16(27)6-8-17(15)18(19)9-10-24(20,25)4/h5-8,11-12,22,27H,9-10,13H2,1-4H3/t22-,24+,25-/m1/s1. The van der Waals surface area contributed by atoms with Gasteiger partial charge in [0.2, 0.25) is 5.78 Å². The fraction of sp³-hybridized carbons (Fsp3) is 0.440. The molecule has 2 aromatic rings. The molecule has 1 heterocycles. The minimum atomic E-state index is -1.25. The Hall–Kier alpha value is -2.70. The van der Waals surface area contributed by atoms with Crippen LogP contribution in [0.25, 0.3) is 16.3 Å². The highest BCUT2D eigenvalue weighted by Gasteiger charge is 2.71. The first-order chi connectivity index (χ1) is 14.6. The number of aryl methyl sites for hydroxylation is 1. The van der Waals surface area contributed by atoms with Gasteiger partial charge in [-0.1, -0.05) is 25.1 Å². The number of carbonyl (C=O) groups is 2. The molecule has 0 amide bonds. The molecule has 1 aliphatic heterocycles. The van der Waals surface area contributed by atoms with Gasteiger partial charge in [0, 0.05) is 12.3 Å². The SMILES string of the molecule is CC(=O)OCC(=O)[C@@]12OC(C)(C)O[C@@H]1C=C1c3ccc4cc(O)ccc4c3CC[C@@]12C. The molecule has 3 atom stereocenters. The van der Waals surface area contributed by atoms with Crippen LogP contribution in [0.2, 0.25) is 0 Å². The van der Waals surface area contributed by atoms with Gasteiger partial charge in [-0.05, 0) is 72.4 Å². The number of Topliss-reactive ketones (excluding diaryl/α,β-unsaturated/α-hetero) is 1. The first kappa shape index (κ1) is 20.2. The first-order valence-electron chi connectivity index (χ1n) is 10.6. The quantitative estimate of drug-likeness (QED) is 0.755. The molecule has 0 saturated carbocycles. The van der Waals surface area contributed by atoms with Crippen molar-refractivity contribution in [1.82, 2.24) is 0 Å². The number of hydrogen-bond acceptors (Lipinski definition) is 6. The number of fused-ring (bicyclic) bond motifs is 7. The molecule has 0 radical (unpaired) electrons. The van der Waals surface area contributed by atoms with E-state index in [0.717, 1.165) is 28.3 Å². The minimum Gasteiger partial charge on any atom is -0.508 e. The van der Waals surface area contributed by atoms with Gasteiger partial charge in [0.1, 0.15) is 11.9 Å². The molecule has 3 aliphatic rings. The fourth-order valence-corrected chi connectivity index (χ4v) is 5.76.